The Morgan fingerprint density at radius 2 is 2.14 bits per heavy atom. The van der Waals surface area contributed by atoms with Gasteiger partial charge in [0.05, 0.1) is 6.10 Å². The number of allylic oxidation sites excluding steroid dienone is 2. The molecule has 0 aromatic rings. The average molecular weight is 306 g/mol. The highest BCUT2D eigenvalue weighted by Crippen LogP contribution is 2.45. The molecule has 22 heavy (non-hydrogen) atoms. The second-order valence-electron chi connectivity index (χ2n) is 5.78. The fourth-order valence-electron chi connectivity index (χ4n) is 3.28. The van der Waals surface area contributed by atoms with Crippen molar-refractivity contribution < 1.29 is 28.9 Å². The largest absolute Gasteiger partial charge is 0.454 e. The number of carbonyl (C=O) groups excluding carboxylic acids is 2. The summed E-state index contributed by atoms with van der Waals surface area (Å²) in [5.74, 6) is -3.04. The normalized spacial score (nSPS) is 42.9. The highest BCUT2D eigenvalue weighted by molar-refractivity contribution is 5.83. The second-order valence-corrected chi connectivity index (χ2v) is 5.78. The van der Waals surface area contributed by atoms with Gasteiger partial charge in [-0.3, -0.25) is 4.79 Å². The zero-order chi connectivity index (χ0) is 15.9. The predicted molar refractivity (Wildman–Crippen MR) is 75.3 cm³/mol. The molecule has 1 fully saturated rings. The molecule has 0 amide bonds. The van der Waals surface area contributed by atoms with E-state index >= 15 is 0 Å². The highest BCUT2D eigenvalue weighted by Gasteiger charge is 2.56. The van der Waals surface area contributed by atoms with Gasteiger partial charge < -0.3 is 19.3 Å². The molecule has 3 rings (SSSR count). The topological polar surface area (TPSA) is 82.1 Å². The number of ether oxygens (including phenoxy) is 3. The van der Waals surface area contributed by atoms with Crippen molar-refractivity contribution in [2.24, 2.45) is 11.8 Å². The van der Waals surface area contributed by atoms with Gasteiger partial charge in [0.2, 0.25) is 0 Å². The maximum absolute atomic E-state index is 11.6. The summed E-state index contributed by atoms with van der Waals surface area (Å²) in [5.41, 5.74) is 0. The molecule has 2 bridgehead atoms. The zero-order valence-corrected chi connectivity index (χ0v) is 12.3. The molecule has 0 aromatic carbocycles. The summed E-state index contributed by atoms with van der Waals surface area (Å²) in [5, 5.41) is 10.6. The monoisotopic (exact) mass is 306 g/mol. The molecule has 1 saturated heterocycles. The van der Waals surface area contributed by atoms with Crippen LogP contribution in [0.4, 0.5) is 0 Å². The SMILES string of the molecule is CC(=O)O[C@H]1C=CC(=O)O[C@H]1[C@H]1[C@H]2C=CC=C[C@](O)(O2)[C@H]1C. The molecule has 3 aliphatic heterocycles. The smallest absolute Gasteiger partial charge is 0.330 e. The Labute approximate surface area is 128 Å². The number of hydrogen-bond donors (Lipinski definition) is 1. The van der Waals surface area contributed by atoms with E-state index in [9.17, 15) is 14.7 Å². The van der Waals surface area contributed by atoms with Crippen LogP contribution >= 0.6 is 0 Å². The molecule has 0 saturated carbocycles. The minimum absolute atomic E-state index is 0.329. The van der Waals surface area contributed by atoms with Gasteiger partial charge in [0, 0.05) is 24.8 Å². The van der Waals surface area contributed by atoms with Gasteiger partial charge in [0.15, 0.2) is 11.9 Å². The standard InChI is InChI=1S/C16H18O6/c1-9-14(11-5-3-4-8-16(9,19)22-11)15-12(20-10(2)17)6-7-13(18)21-15/h3-9,11-12,14-15,19H,1-2H3/t9-,11+,12-,14+,15+,16-/m0/s1. The molecule has 0 spiro atoms. The van der Waals surface area contributed by atoms with Crippen molar-refractivity contribution in [2.75, 3.05) is 0 Å². The number of rotatable bonds is 2. The van der Waals surface area contributed by atoms with Gasteiger partial charge in [-0.15, -0.1) is 0 Å². The lowest BCUT2D eigenvalue weighted by molar-refractivity contribution is -0.168. The first-order chi connectivity index (χ1) is 10.4. The summed E-state index contributed by atoms with van der Waals surface area (Å²) >= 11 is 0. The maximum Gasteiger partial charge on any atom is 0.330 e. The molecule has 0 aliphatic carbocycles. The Bertz CT molecular complexity index is 577. The molecular weight excluding hydrogens is 288 g/mol. The van der Waals surface area contributed by atoms with Gasteiger partial charge in [0.1, 0.15) is 6.10 Å². The number of cyclic esters (lactones) is 1. The fourth-order valence-corrected chi connectivity index (χ4v) is 3.28. The lowest BCUT2D eigenvalue weighted by atomic mass is 9.79. The third-order valence-electron chi connectivity index (χ3n) is 4.36. The summed E-state index contributed by atoms with van der Waals surface area (Å²) in [6.45, 7) is 3.13. The van der Waals surface area contributed by atoms with E-state index in [1.165, 1.54) is 19.1 Å². The molecule has 0 radical (unpaired) electrons. The van der Waals surface area contributed by atoms with E-state index in [0.717, 1.165) is 0 Å². The van der Waals surface area contributed by atoms with Crippen LogP contribution in [0.2, 0.25) is 0 Å². The molecule has 0 aromatic heterocycles. The third kappa shape index (κ3) is 2.48. The minimum atomic E-state index is -1.42. The molecule has 1 N–H and O–H groups in total. The predicted octanol–water partition coefficient (Wildman–Crippen LogP) is 0.865. The van der Waals surface area contributed by atoms with E-state index in [1.807, 2.05) is 6.92 Å². The van der Waals surface area contributed by atoms with Gasteiger partial charge in [-0.05, 0) is 12.2 Å². The van der Waals surface area contributed by atoms with Crippen LogP contribution in [-0.4, -0.2) is 41.1 Å². The molecule has 0 unspecified atom stereocenters. The Hall–Kier alpha value is -1.92. The Kier molecular flexibility index (Phi) is 3.66. The summed E-state index contributed by atoms with van der Waals surface area (Å²) in [4.78, 5) is 22.9. The van der Waals surface area contributed by atoms with Crippen molar-refractivity contribution in [3.05, 3.63) is 36.5 Å². The summed E-state index contributed by atoms with van der Waals surface area (Å²) < 4.78 is 16.3. The van der Waals surface area contributed by atoms with Crippen molar-refractivity contribution in [2.45, 2.75) is 37.9 Å². The molecule has 6 atom stereocenters. The summed E-state index contributed by atoms with van der Waals surface area (Å²) in [6.07, 6.45) is 7.83. The van der Waals surface area contributed by atoms with Gasteiger partial charge >= 0.3 is 11.9 Å². The van der Waals surface area contributed by atoms with Crippen molar-refractivity contribution in [3.8, 4) is 0 Å². The maximum atomic E-state index is 11.6. The number of hydrogen-bond acceptors (Lipinski definition) is 6. The highest BCUT2D eigenvalue weighted by atomic mass is 16.6. The van der Waals surface area contributed by atoms with Gasteiger partial charge in [0.25, 0.3) is 0 Å². The zero-order valence-electron chi connectivity index (χ0n) is 12.3. The fraction of sp³-hybridized carbons (Fsp3) is 0.500. The first-order valence-electron chi connectivity index (χ1n) is 7.23. The van der Waals surface area contributed by atoms with E-state index in [-0.39, 0.29) is 11.8 Å². The first kappa shape index (κ1) is 15.0. The molecule has 118 valence electrons. The van der Waals surface area contributed by atoms with Crippen LogP contribution < -0.4 is 0 Å². The number of esters is 2. The van der Waals surface area contributed by atoms with Gasteiger partial charge in [-0.2, -0.15) is 0 Å². The van der Waals surface area contributed by atoms with Crippen LogP contribution in [0.5, 0.6) is 0 Å². The van der Waals surface area contributed by atoms with Crippen LogP contribution in [0.25, 0.3) is 0 Å². The Morgan fingerprint density at radius 1 is 1.36 bits per heavy atom. The Balaban J connectivity index is 1.92. The van der Waals surface area contributed by atoms with Crippen molar-refractivity contribution in [1.29, 1.82) is 0 Å². The van der Waals surface area contributed by atoms with E-state index in [0.29, 0.717) is 0 Å². The number of carbonyl (C=O) groups is 2. The summed E-state index contributed by atoms with van der Waals surface area (Å²) in [7, 11) is 0. The lowest BCUT2D eigenvalue weighted by Gasteiger charge is -2.35. The van der Waals surface area contributed by atoms with E-state index in [2.05, 4.69) is 0 Å². The minimum Gasteiger partial charge on any atom is -0.454 e. The molecule has 6 nitrogen and oxygen atoms in total. The van der Waals surface area contributed by atoms with Crippen molar-refractivity contribution in [3.63, 3.8) is 0 Å². The molecular formula is C16H18O6. The van der Waals surface area contributed by atoms with Crippen LogP contribution in [0.3, 0.4) is 0 Å². The van der Waals surface area contributed by atoms with E-state index < -0.39 is 36.0 Å². The number of aliphatic hydroxyl groups is 1. The quantitative estimate of drug-likeness (QED) is 0.762. The second kappa shape index (κ2) is 5.37. The van der Waals surface area contributed by atoms with Crippen LogP contribution in [-0.2, 0) is 23.8 Å². The molecule has 3 aliphatic rings. The molecule has 6 heteroatoms. The van der Waals surface area contributed by atoms with Crippen LogP contribution in [0, 0.1) is 11.8 Å². The van der Waals surface area contributed by atoms with Crippen molar-refractivity contribution >= 4 is 11.9 Å². The van der Waals surface area contributed by atoms with Crippen LogP contribution in [0.1, 0.15) is 13.8 Å². The summed E-state index contributed by atoms with van der Waals surface area (Å²) in [6, 6.07) is 0. The Morgan fingerprint density at radius 3 is 2.86 bits per heavy atom. The van der Waals surface area contributed by atoms with Gasteiger partial charge in [-0.1, -0.05) is 25.2 Å². The van der Waals surface area contributed by atoms with E-state index in [4.69, 9.17) is 14.2 Å². The third-order valence-corrected chi connectivity index (χ3v) is 4.36. The average Bonchev–Trinajstić information content (AvgIpc) is 2.59. The van der Waals surface area contributed by atoms with Crippen LogP contribution in [0.15, 0.2) is 36.5 Å². The van der Waals surface area contributed by atoms with Crippen molar-refractivity contribution in [1.82, 2.24) is 0 Å². The van der Waals surface area contributed by atoms with Gasteiger partial charge in [-0.25, -0.2) is 4.79 Å². The lowest BCUT2D eigenvalue weighted by Crippen LogP contribution is -2.47. The first-order valence-corrected chi connectivity index (χ1v) is 7.23. The van der Waals surface area contributed by atoms with E-state index in [1.54, 1.807) is 24.3 Å². The number of fused-ring (bicyclic) bond motifs is 2. The molecule has 3 heterocycles.